The van der Waals surface area contributed by atoms with Crippen molar-refractivity contribution in [3.05, 3.63) is 36.1 Å². The number of nitrogens with zero attached hydrogens (tertiary/aromatic N) is 1. The zero-order chi connectivity index (χ0) is 12.3. The second-order valence-corrected chi connectivity index (χ2v) is 4.94. The minimum atomic E-state index is -3.71. The van der Waals surface area contributed by atoms with Crippen molar-refractivity contribution in [3.8, 4) is 0 Å². The molecule has 0 aromatic carbocycles. The standard InChI is InChI=1S/C9H11N3O4S/c13-6-7-1-2-9(16-7)17(14,15)12-5-8-10-3-4-11-8/h1-4,12-13H,5-6H2,(H,10,11). The van der Waals surface area contributed by atoms with Gasteiger partial charge in [0.05, 0.1) is 6.54 Å². The third-order valence-electron chi connectivity index (χ3n) is 2.04. The first-order valence-corrected chi connectivity index (χ1v) is 6.27. The second-order valence-electron chi connectivity index (χ2n) is 3.24. The van der Waals surface area contributed by atoms with E-state index in [9.17, 15) is 8.42 Å². The Balaban J connectivity index is 2.08. The van der Waals surface area contributed by atoms with Gasteiger partial charge in [0, 0.05) is 12.4 Å². The van der Waals surface area contributed by atoms with Crippen LogP contribution < -0.4 is 4.72 Å². The van der Waals surface area contributed by atoms with Crippen LogP contribution >= 0.6 is 0 Å². The van der Waals surface area contributed by atoms with Crippen molar-refractivity contribution in [2.24, 2.45) is 0 Å². The quantitative estimate of drug-likeness (QED) is 0.697. The van der Waals surface area contributed by atoms with E-state index < -0.39 is 10.0 Å². The molecule has 0 amide bonds. The van der Waals surface area contributed by atoms with Gasteiger partial charge in [-0.25, -0.2) is 18.1 Å². The van der Waals surface area contributed by atoms with E-state index >= 15 is 0 Å². The normalized spacial score (nSPS) is 11.8. The Bertz CT molecular complexity index is 573. The second kappa shape index (κ2) is 4.70. The summed E-state index contributed by atoms with van der Waals surface area (Å²) in [5, 5.41) is 8.54. The Morgan fingerprint density at radius 3 is 2.88 bits per heavy atom. The summed E-state index contributed by atoms with van der Waals surface area (Å²) in [6.45, 7) is -0.293. The first kappa shape index (κ1) is 11.8. The average molecular weight is 257 g/mol. The largest absolute Gasteiger partial charge is 0.446 e. The van der Waals surface area contributed by atoms with E-state index in [1.54, 1.807) is 6.20 Å². The van der Waals surface area contributed by atoms with Crippen LogP contribution in [0.5, 0.6) is 0 Å². The fourth-order valence-corrected chi connectivity index (χ4v) is 2.15. The van der Waals surface area contributed by atoms with Crippen molar-refractivity contribution in [1.29, 1.82) is 0 Å². The lowest BCUT2D eigenvalue weighted by Gasteiger charge is -2.01. The molecular weight excluding hydrogens is 246 g/mol. The predicted molar refractivity (Wildman–Crippen MR) is 57.2 cm³/mol. The van der Waals surface area contributed by atoms with Crippen LogP contribution in [0.15, 0.2) is 34.0 Å². The van der Waals surface area contributed by atoms with Crippen molar-refractivity contribution < 1.29 is 17.9 Å². The molecule has 0 bridgehead atoms. The molecule has 8 heteroatoms. The third kappa shape index (κ3) is 2.73. The van der Waals surface area contributed by atoms with Crippen molar-refractivity contribution in [2.75, 3.05) is 0 Å². The Kier molecular flexibility index (Phi) is 3.27. The van der Waals surface area contributed by atoms with Crippen molar-refractivity contribution >= 4 is 10.0 Å². The van der Waals surface area contributed by atoms with Crippen LogP contribution in [0.4, 0.5) is 0 Å². The van der Waals surface area contributed by atoms with Gasteiger partial charge >= 0.3 is 0 Å². The first-order chi connectivity index (χ1) is 8.12. The number of nitrogens with one attached hydrogen (secondary N) is 2. The van der Waals surface area contributed by atoms with Gasteiger partial charge in [0.1, 0.15) is 18.2 Å². The van der Waals surface area contributed by atoms with Crippen LogP contribution in [0.3, 0.4) is 0 Å². The molecule has 0 aliphatic rings. The number of sulfonamides is 1. The van der Waals surface area contributed by atoms with Crippen LogP contribution in [0, 0.1) is 0 Å². The van der Waals surface area contributed by atoms with Crippen LogP contribution in [0.1, 0.15) is 11.6 Å². The van der Waals surface area contributed by atoms with Crippen molar-refractivity contribution in [2.45, 2.75) is 18.2 Å². The summed E-state index contributed by atoms with van der Waals surface area (Å²) in [4.78, 5) is 6.65. The van der Waals surface area contributed by atoms with E-state index in [0.717, 1.165) is 0 Å². The van der Waals surface area contributed by atoms with E-state index in [-0.39, 0.29) is 24.0 Å². The molecule has 0 saturated carbocycles. The van der Waals surface area contributed by atoms with Gasteiger partial charge in [-0.15, -0.1) is 0 Å². The molecule has 0 atom stereocenters. The molecule has 92 valence electrons. The number of aromatic amines is 1. The van der Waals surface area contributed by atoms with Gasteiger partial charge in [0.25, 0.3) is 10.0 Å². The number of H-pyrrole nitrogens is 1. The maximum atomic E-state index is 11.7. The molecule has 0 saturated heterocycles. The number of aliphatic hydroxyl groups excluding tert-OH is 1. The topological polar surface area (TPSA) is 108 Å². The summed E-state index contributed by atoms with van der Waals surface area (Å²) in [7, 11) is -3.71. The molecule has 0 fully saturated rings. The van der Waals surface area contributed by atoms with Gasteiger partial charge in [-0.1, -0.05) is 0 Å². The van der Waals surface area contributed by atoms with Gasteiger partial charge in [-0.3, -0.25) is 0 Å². The number of rotatable bonds is 5. The molecule has 2 aromatic heterocycles. The molecule has 0 radical (unpaired) electrons. The Morgan fingerprint density at radius 2 is 2.29 bits per heavy atom. The Morgan fingerprint density at radius 1 is 1.47 bits per heavy atom. The molecule has 0 aliphatic carbocycles. The first-order valence-electron chi connectivity index (χ1n) is 4.79. The summed E-state index contributed by atoms with van der Waals surface area (Å²) in [6, 6.07) is 2.69. The number of imidazole rings is 1. The predicted octanol–water partition coefficient (Wildman–Crippen LogP) is -0.0265. The maximum absolute atomic E-state index is 11.7. The number of furan rings is 1. The molecule has 2 rings (SSSR count). The van der Waals surface area contributed by atoms with E-state index in [1.165, 1.54) is 18.3 Å². The van der Waals surface area contributed by atoms with Gasteiger partial charge in [-0.05, 0) is 12.1 Å². The van der Waals surface area contributed by atoms with Crippen molar-refractivity contribution in [1.82, 2.24) is 14.7 Å². The average Bonchev–Trinajstić information content (AvgIpc) is 2.98. The van der Waals surface area contributed by atoms with Crippen LogP contribution in [-0.2, 0) is 23.2 Å². The van der Waals surface area contributed by atoms with E-state index in [2.05, 4.69) is 14.7 Å². The number of hydrogen-bond acceptors (Lipinski definition) is 5. The summed E-state index contributed by atoms with van der Waals surface area (Å²) in [5.41, 5.74) is 0. The molecular formula is C9H11N3O4S. The highest BCUT2D eigenvalue weighted by Crippen LogP contribution is 2.13. The lowest BCUT2D eigenvalue weighted by atomic mass is 10.5. The molecule has 17 heavy (non-hydrogen) atoms. The zero-order valence-electron chi connectivity index (χ0n) is 8.75. The number of aliphatic hydroxyl groups is 1. The molecule has 7 nitrogen and oxygen atoms in total. The molecule has 3 N–H and O–H groups in total. The molecule has 2 heterocycles. The number of hydrogen-bond donors (Lipinski definition) is 3. The number of aromatic nitrogens is 2. The lowest BCUT2D eigenvalue weighted by Crippen LogP contribution is -2.23. The molecule has 2 aromatic rings. The van der Waals surface area contributed by atoms with Gasteiger partial charge in [0.15, 0.2) is 0 Å². The van der Waals surface area contributed by atoms with E-state index in [4.69, 9.17) is 9.52 Å². The highest BCUT2D eigenvalue weighted by molar-refractivity contribution is 7.89. The smallest absolute Gasteiger partial charge is 0.274 e. The van der Waals surface area contributed by atoms with Crippen LogP contribution in [-0.4, -0.2) is 23.5 Å². The Labute approximate surface area is 97.5 Å². The molecule has 0 spiro atoms. The molecule has 0 unspecified atom stereocenters. The molecule has 0 aliphatic heterocycles. The third-order valence-corrected chi connectivity index (χ3v) is 3.32. The minimum absolute atomic E-state index is 0.0461. The lowest BCUT2D eigenvalue weighted by molar-refractivity contribution is 0.236. The SMILES string of the molecule is O=S(=O)(NCc1ncc[nH]1)c1ccc(CO)o1. The zero-order valence-corrected chi connectivity index (χ0v) is 9.57. The summed E-state index contributed by atoms with van der Waals surface area (Å²) in [5.74, 6) is 0.700. The summed E-state index contributed by atoms with van der Waals surface area (Å²) in [6.07, 6.45) is 3.13. The monoisotopic (exact) mass is 257 g/mol. The van der Waals surface area contributed by atoms with Crippen LogP contribution in [0.25, 0.3) is 0 Å². The minimum Gasteiger partial charge on any atom is -0.446 e. The fraction of sp³-hybridized carbons (Fsp3) is 0.222. The summed E-state index contributed by atoms with van der Waals surface area (Å²) >= 11 is 0. The van der Waals surface area contributed by atoms with Gasteiger partial charge in [-0.2, -0.15) is 0 Å². The highest BCUT2D eigenvalue weighted by Gasteiger charge is 2.18. The van der Waals surface area contributed by atoms with Crippen LogP contribution in [0.2, 0.25) is 0 Å². The van der Waals surface area contributed by atoms with E-state index in [0.29, 0.717) is 5.82 Å². The van der Waals surface area contributed by atoms with Gasteiger partial charge < -0.3 is 14.5 Å². The Hall–Kier alpha value is -1.64. The fourth-order valence-electron chi connectivity index (χ4n) is 1.22. The van der Waals surface area contributed by atoms with E-state index in [1.807, 2.05) is 0 Å². The highest BCUT2D eigenvalue weighted by atomic mass is 32.2. The van der Waals surface area contributed by atoms with Crippen molar-refractivity contribution in [3.63, 3.8) is 0 Å². The maximum Gasteiger partial charge on any atom is 0.274 e. The van der Waals surface area contributed by atoms with Gasteiger partial charge in [0.2, 0.25) is 5.09 Å². The summed E-state index contributed by atoms with van der Waals surface area (Å²) < 4.78 is 30.7.